The first kappa shape index (κ1) is 17.5. The molecule has 2 amide bonds. The Balaban J connectivity index is 1.66. The number of benzene rings is 1. The molecule has 0 atom stereocenters. The summed E-state index contributed by atoms with van der Waals surface area (Å²) in [7, 11) is 0. The highest BCUT2D eigenvalue weighted by Gasteiger charge is 2.26. The van der Waals surface area contributed by atoms with E-state index in [-0.39, 0.29) is 24.3 Å². The van der Waals surface area contributed by atoms with Gasteiger partial charge < -0.3 is 15.0 Å². The fourth-order valence-corrected chi connectivity index (χ4v) is 2.71. The van der Waals surface area contributed by atoms with Crippen LogP contribution in [0.4, 0.5) is 0 Å². The van der Waals surface area contributed by atoms with E-state index in [4.69, 9.17) is 4.74 Å². The molecule has 1 heterocycles. The molecule has 5 nitrogen and oxygen atoms in total. The van der Waals surface area contributed by atoms with Crippen LogP contribution >= 0.6 is 0 Å². The van der Waals surface area contributed by atoms with Gasteiger partial charge in [-0.15, -0.1) is 0 Å². The van der Waals surface area contributed by atoms with Gasteiger partial charge in [-0.25, -0.2) is 0 Å². The van der Waals surface area contributed by atoms with Crippen LogP contribution in [-0.2, 0) is 20.9 Å². The molecule has 1 fully saturated rings. The highest BCUT2D eigenvalue weighted by Crippen LogP contribution is 2.17. The van der Waals surface area contributed by atoms with E-state index in [2.05, 4.69) is 5.32 Å². The molecule has 1 aliphatic heterocycles. The normalized spacial score (nSPS) is 15.4. The summed E-state index contributed by atoms with van der Waals surface area (Å²) in [5.74, 6) is 0.170. The van der Waals surface area contributed by atoms with Crippen molar-refractivity contribution in [2.75, 3.05) is 26.2 Å². The number of hydrogen-bond donors (Lipinski definition) is 1. The molecule has 1 saturated heterocycles. The van der Waals surface area contributed by atoms with Crippen molar-refractivity contribution in [1.29, 1.82) is 0 Å². The number of hydrogen-bond acceptors (Lipinski definition) is 3. The Kier molecular flexibility index (Phi) is 7.07. The third kappa shape index (κ3) is 5.67. The predicted octanol–water partition coefficient (Wildman–Crippen LogP) is 1.97. The van der Waals surface area contributed by atoms with E-state index in [0.29, 0.717) is 19.7 Å². The lowest BCUT2D eigenvalue weighted by atomic mass is 9.96. The summed E-state index contributed by atoms with van der Waals surface area (Å²) in [5, 5.41) is 2.93. The lowest BCUT2D eigenvalue weighted by Crippen LogP contribution is -2.44. The Labute approximate surface area is 138 Å². The Morgan fingerprint density at radius 2 is 1.91 bits per heavy atom. The number of likely N-dealkylation sites (tertiary alicyclic amines) is 1. The smallest absolute Gasteiger partial charge is 0.248 e. The number of carbonyl (C=O) groups is 2. The molecule has 1 aromatic carbocycles. The third-order valence-corrected chi connectivity index (χ3v) is 4.10. The minimum atomic E-state index is 0.00773. The highest BCUT2D eigenvalue weighted by molar-refractivity contribution is 5.80. The van der Waals surface area contributed by atoms with Gasteiger partial charge in [0.2, 0.25) is 11.8 Å². The molecule has 1 aromatic rings. The number of ether oxygens (including phenoxy) is 1. The lowest BCUT2D eigenvalue weighted by Gasteiger charge is -2.31. The largest absolute Gasteiger partial charge is 0.367 e. The van der Waals surface area contributed by atoms with Gasteiger partial charge in [0, 0.05) is 25.6 Å². The molecule has 0 aliphatic carbocycles. The molecular weight excluding hydrogens is 292 g/mol. The van der Waals surface area contributed by atoms with Gasteiger partial charge in [-0.1, -0.05) is 37.3 Å². The molecule has 0 spiro atoms. The van der Waals surface area contributed by atoms with Crippen LogP contribution in [0.15, 0.2) is 30.3 Å². The van der Waals surface area contributed by atoms with Gasteiger partial charge in [0.1, 0.15) is 6.61 Å². The predicted molar refractivity (Wildman–Crippen MR) is 88.7 cm³/mol. The van der Waals surface area contributed by atoms with E-state index in [1.165, 1.54) is 0 Å². The Morgan fingerprint density at radius 3 is 2.57 bits per heavy atom. The maximum absolute atomic E-state index is 12.1. The average molecular weight is 318 g/mol. The first-order valence-corrected chi connectivity index (χ1v) is 8.38. The Morgan fingerprint density at radius 1 is 1.22 bits per heavy atom. The van der Waals surface area contributed by atoms with Crippen molar-refractivity contribution in [2.45, 2.75) is 32.8 Å². The van der Waals surface area contributed by atoms with Gasteiger partial charge in [-0.05, 0) is 24.8 Å². The minimum Gasteiger partial charge on any atom is -0.367 e. The maximum Gasteiger partial charge on any atom is 0.248 e. The summed E-state index contributed by atoms with van der Waals surface area (Å²) in [5.41, 5.74) is 1.06. The molecule has 0 radical (unpaired) electrons. The second kappa shape index (κ2) is 9.30. The van der Waals surface area contributed by atoms with Crippen molar-refractivity contribution in [3.63, 3.8) is 0 Å². The molecular formula is C18H26N2O3. The van der Waals surface area contributed by atoms with Crippen molar-refractivity contribution in [3.8, 4) is 0 Å². The van der Waals surface area contributed by atoms with Gasteiger partial charge >= 0.3 is 0 Å². The molecule has 1 N–H and O–H groups in total. The van der Waals surface area contributed by atoms with Crippen molar-refractivity contribution >= 4 is 11.8 Å². The molecule has 2 rings (SSSR count). The van der Waals surface area contributed by atoms with Crippen molar-refractivity contribution < 1.29 is 14.3 Å². The molecule has 0 unspecified atom stereocenters. The third-order valence-electron chi connectivity index (χ3n) is 4.10. The zero-order chi connectivity index (χ0) is 16.5. The van der Waals surface area contributed by atoms with Crippen molar-refractivity contribution in [2.24, 2.45) is 5.92 Å². The van der Waals surface area contributed by atoms with E-state index in [9.17, 15) is 9.59 Å². The Bertz CT molecular complexity index is 496. The molecule has 1 aliphatic rings. The molecule has 0 saturated carbocycles. The number of nitrogens with zero attached hydrogens (tertiary/aromatic N) is 1. The van der Waals surface area contributed by atoms with Gasteiger partial charge in [0.15, 0.2) is 0 Å². The number of nitrogens with one attached hydrogen (secondary N) is 1. The van der Waals surface area contributed by atoms with Crippen LogP contribution in [0.1, 0.15) is 31.7 Å². The fraction of sp³-hybridized carbons (Fsp3) is 0.556. The minimum absolute atomic E-state index is 0.00773. The lowest BCUT2D eigenvalue weighted by molar-refractivity contribution is -0.140. The van der Waals surface area contributed by atoms with E-state index in [1.54, 1.807) is 4.90 Å². The monoisotopic (exact) mass is 318 g/mol. The standard InChI is InChI=1S/C18H26N2O3/c1-2-10-19-18(22)16-8-11-20(12-9-16)17(21)14-23-13-15-6-4-3-5-7-15/h3-7,16H,2,8-14H2,1H3,(H,19,22). The molecule has 5 heteroatoms. The van der Waals surface area contributed by atoms with Crippen LogP contribution in [0.3, 0.4) is 0 Å². The summed E-state index contributed by atoms with van der Waals surface area (Å²) in [6.07, 6.45) is 2.42. The summed E-state index contributed by atoms with van der Waals surface area (Å²) in [6, 6.07) is 9.81. The van der Waals surface area contributed by atoms with Crippen LogP contribution in [-0.4, -0.2) is 43.0 Å². The van der Waals surface area contributed by atoms with Gasteiger partial charge in [-0.2, -0.15) is 0 Å². The zero-order valence-electron chi connectivity index (χ0n) is 13.8. The van der Waals surface area contributed by atoms with Gasteiger partial charge in [-0.3, -0.25) is 9.59 Å². The quantitative estimate of drug-likeness (QED) is 0.836. The fourth-order valence-electron chi connectivity index (χ4n) is 2.71. The summed E-state index contributed by atoms with van der Waals surface area (Å²) in [4.78, 5) is 25.9. The van der Waals surface area contributed by atoms with Gasteiger partial charge in [0.05, 0.1) is 6.61 Å². The summed E-state index contributed by atoms with van der Waals surface area (Å²) >= 11 is 0. The molecule has 23 heavy (non-hydrogen) atoms. The SMILES string of the molecule is CCCNC(=O)C1CCN(C(=O)COCc2ccccc2)CC1. The van der Waals surface area contributed by atoms with Crippen LogP contribution < -0.4 is 5.32 Å². The maximum atomic E-state index is 12.1. The van der Waals surface area contributed by atoms with E-state index < -0.39 is 0 Å². The van der Waals surface area contributed by atoms with E-state index >= 15 is 0 Å². The first-order chi connectivity index (χ1) is 11.2. The highest BCUT2D eigenvalue weighted by atomic mass is 16.5. The van der Waals surface area contributed by atoms with E-state index in [0.717, 1.165) is 31.4 Å². The Hall–Kier alpha value is -1.88. The number of rotatable bonds is 7. The van der Waals surface area contributed by atoms with E-state index in [1.807, 2.05) is 37.3 Å². The first-order valence-electron chi connectivity index (χ1n) is 8.38. The second-order valence-corrected chi connectivity index (χ2v) is 5.92. The second-order valence-electron chi connectivity index (χ2n) is 5.92. The van der Waals surface area contributed by atoms with Crippen LogP contribution in [0.25, 0.3) is 0 Å². The van der Waals surface area contributed by atoms with Crippen LogP contribution in [0, 0.1) is 5.92 Å². The molecule has 126 valence electrons. The van der Waals surface area contributed by atoms with Crippen molar-refractivity contribution in [1.82, 2.24) is 10.2 Å². The van der Waals surface area contributed by atoms with Gasteiger partial charge in [0.25, 0.3) is 0 Å². The zero-order valence-corrected chi connectivity index (χ0v) is 13.8. The topological polar surface area (TPSA) is 58.6 Å². The van der Waals surface area contributed by atoms with Crippen LogP contribution in [0.5, 0.6) is 0 Å². The van der Waals surface area contributed by atoms with Crippen LogP contribution in [0.2, 0.25) is 0 Å². The summed E-state index contributed by atoms with van der Waals surface area (Å²) in [6.45, 7) is 4.59. The molecule has 0 aromatic heterocycles. The number of carbonyl (C=O) groups excluding carboxylic acids is 2. The average Bonchev–Trinajstić information content (AvgIpc) is 2.60. The number of piperidine rings is 1. The summed E-state index contributed by atoms with van der Waals surface area (Å²) < 4.78 is 5.49. The van der Waals surface area contributed by atoms with Crippen molar-refractivity contribution in [3.05, 3.63) is 35.9 Å². The number of amides is 2. The molecule has 0 bridgehead atoms.